The van der Waals surface area contributed by atoms with Crippen LogP contribution in [0.25, 0.3) is 0 Å². The molecule has 1 saturated heterocycles. The van der Waals surface area contributed by atoms with E-state index in [2.05, 4.69) is 26.3 Å². The lowest BCUT2D eigenvalue weighted by molar-refractivity contribution is -0.140. The highest BCUT2D eigenvalue weighted by Gasteiger charge is 2.46. The number of hydrogen-bond acceptors (Lipinski definition) is 24. The molecule has 32 nitrogen and oxygen atoms in total. The molecule has 6 atom stereocenters. The third-order valence-corrected chi connectivity index (χ3v) is 21.0. The number of imide groups is 1. The van der Waals surface area contributed by atoms with Crippen molar-refractivity contribution < 1.29 is 110 Å². The molecule has 0 radical (unpaired) electrons. The molecule has 3 aromatic carbocycles. The summed E-state index contributed by atoms with van der Waals surface area (Å²) in [5, 5.41) is 23.0. The highest BCUT2D eigenvalue weighted by Crippen LogP contribution is 2.43. The summed E-state index contributed by atoms with van der Waals surface area (Å²) in [6.07, 6.45) is 16.6. The van der Waals surface area contributed by atoms with Gasteiger partial charge in [0.25, 0.3) is 11.8 Å². The van der Waals surface area contributed by atoms with Gasteiger partial charge in [0.1, 0.15) is 18.7 Å². The zero-order valence-electron chi connectivity index (χ0n) is 69.0. The first-order chi connectivity index (χ1) is 56.7. The molecular formula is C85H121N9O23. The Morgan fingerprint density at radius 1 is 0.564 bits per heavy atom. The Kier molecular flexibility index (Phi) is 38.2. The molecule has 644 valence electrons. The third kappa shape index (κ3) is 28.6. The minimum Gasteiger partial charge on any atom is -0.493 e. The number of benzene rings is 3. The Morgan fingerprint density at radius 2 is 1.10 bits per heavy atom. The maximum absolute atomic E-state index is 14.3. The molecule has 2 fully saturated rings. The van der Waals surface area contributed by atoms with Gasteiger partial charge in [0.2, 0.25) is 35.4 Å². The molecule has 9 amide bonds. The van der Waals surface area contributed by atoms with Crippen LogP contribution >= 0.6 is 0 Å². The normalized spacial score (nSPS) is 18.6. The largest absolute Gasteiger partial charge is 0.493 e. The number of likely N-dealkylation sites (tertiary alicyclic amines) is 1. The van der Waals surface area contributed by atoms with Crippen LogP contribution in [0.4, 0.5) is 21.9 Å². The Morgan fingerprint density at radius 3 is 1.69 bits per heavy atom. The van der Waals surface area contributed by atoms with Gasteiger partial charge in [-0.05, 0) is 101 Å². The first-order valence-electron chi connectivity index (χ1n) is 41.3. The molecule has 0 spiro atoms. The number of aliphatic imine (C=N–C) groups is 1. The summed E-state index contributed by atoms with van der Waals surface area (Å²) in [7, 11) is 2.96. The fraction of sp³-hybridized carbons (Fsp3) is 0.624. The average molecular weight is 1640 g/mol. The molecule has 5 heterocycles. The number of methoxy groups -OCH3 is 2. The lowest BCUT2D eigenvalue weighted by Gasteiger charge is -2.31. The van der Waals surface area contributed by atoms with Crippen LogP contribution in [0.3, 0.4) is 0 Å². The molecule has 0 bridgehead atoms. The number of nitrogens with zero attached hydrogens (tertiary/aromatic N) is 5. The molecular weight excluding hydrogens is 1510 g/mol. The van der Waals surface area contributed by atoms with Gasteiger partial charge in [0, 0.05) is 74.7 Å². The van der Waals surface area contributed by atoms with Gasteiger partial charge in [-0.1, -0.05) is 88.5 Å². The number of fused-ring (bicyclic) bond motifs is 4. The van der Waals surface area contributed by atoms with E-state index < -0.39 is 54.1 Å². The number of hydrogen-bond donors (Lipinski definition) is 5. The first kappa shape index (κ1) is 91.8. The van der Waals surface area contributed by atoms with Gasteiger partial charge in [-0.3, -0.25) is 48.2 Å². The van der Waals surface area contributed by atoms with Gasteiger partial charge in [-0.15, -0.1) is 0 Å². The van der Waals surface area contributed by atoms with Gasteiger partial charge in [-0.25, -0.2) is 9.69 Å². The van der Waals surface area contributed by atoms with E-state index in [1.165, 1.54) is 81.6 Å². The highest BCUT2D eigenvalue weighted by molar-refractivity contribution is 6.07. The standard InChI is InChI=1S/C85H121N9O23/c1-57(2)78(90-76(96)24-29-107-31-33-109-35-37-111-39-41-113-43-44-114-42-40-112-38-36-110-34-32-108-30-25-86-75(95)23-26-91-77(97)48-63(81(91)100)47-61-17-13-10-8-9-11-14-18-61)80(99)88-60(5)79(98)89-64-21-19-62(20-22-64)56-117-85(104)94-69-52-74(72(106-7)50-67(69)83(102)93-55-59(4)46-70(93)84(94)103)116-28-16-12-15-27-115-73-51-68-66(49-71(73)105-6)82(101)92-54-58(3)45-65(92)53-87-68/h19-22,49-55,57,60-61,63,65,70,78,84,103H,8-18,23-48,56H2,1-7H3,(H,86,95)(H,88,99)(H,89,98)(H,90,96)/t60-,63?,65-,70-,78-,84-/m0/s1. The van der Waals surface area contributed by atoms with Crippen LogP contribution in [0.5, 0.6) is 23.0 Å². The molecule has 6 aliphatic rings. The highest BCUT2D eigenvalue weighted by atomic mass is 16.6. The van der Waals surface area contributed by atoms with Crippen LogP contribution in [0.2, 0.25) is 0 Å². The predicted octanol–water partition coefficient (Wildman–Crippen LogP) is 8.89. The number of aliphatic hydroxyl groups is 1. The van der Waals surface area contributed by atoms with Crippen LogP contribution in [-0.4, -0.2) is 256 Å². The summed E-state index contributed by atoms with van der Waals surface area (Å²) >= 11 is 0. The number of amides is 9. The Balaban J connectivity index is 0.564. The number of nitrogens with one attached hydrogen (secondary N) is 4. The smallest absolute Gasteiger partial charge is 0.416 e. The van der Waals surface area contributed by atoms with Gasteiger partial charge < -0.3 is 97.8 Å². The lowest BCUT2D eigenvalue weighted by atomic mass is 9.86. The number of carbonyl (C=O) groups is 9. The van der Waals surface area contributed by atoms with Crippen molar-refractivity contribution in [3.05, 3.63) is 88.8 Å². The molecule has 5 N–H and O–H groups in total. The summed E-state index contributed by atoms with van der Waals surface area (Å²) in [5.74, 6) is -1.33. The molecule has 1 aliphatic carbocycles. The maximum atomic E-state index is 14.3. The van der Waals surface area contributed by atoms with Crippen molar-refractivity contribution in [2.24, 2.45) is 22.7 Å². The van der Waals surface area contributed by atoms with E-state index in [9.17, 15) is 48.3 Å². The van der Waals surface area contributed by atoms with Gasteiger partial charge in [0.15, 0.2) is 29.2 Å². The van der Waals surface area contributed by atoms with Gasteiger partial charge in [0.05, 0.1) is 168 Å². The van der Waals surface area contributed by atoms with Crippen molar-refractivity contribution in [2.45, 2.75) is 181 Å². The van der Waals surface area contributed by atoms with Crippen molar-refractivity contribution in [3.8, 4) is 23.0 Å². The van der Waals surface area contributed by atoms with Crippen molar-refractivity contribution in [1.82, 2.24) is 30.7 Å². The Labute approximate surface area is 685 Å². The third-order valence-electron chi connectivity index (χ3n) is 21.0. The number of ether oxygens (including phenoxy) is 13. The van der Waals surface area contributed by atoms with Crippen LogP contribution < -0.4 is 45.1 Å². The van der Waals surface area contributed by atoms with E-state index in [-0.39, 0.29) is 123 Å². The van der Waals surface area contributed by atoms with Crippen molar-refractivity contribution in [1.29, 1.82) is 0 Å². The second-order valence-corrected chi connectivity index (χ2v) is 30.4. The number of aliphatic hydroxyl groups excluding tert-OH is 1. The van der Waals surface area contributed by atoms with E-state index in [0.29, 0.717) is 165 Å². The van der Waals surface area contributed by atoms with Crippen LogP contribution in [0, 0.1) is 17.8 Å². The SMILES string of the molecule is COc1cc2c(cc1OCCCCCOc1cc3c(cc1OC)C(=O)N1C=C(C)C[C@H]1[C@H](O)N3C(=O)OCc1ccc(NC(=O)[C@H](C)NC(=O)[C@@H](NC(=O)CCOCCOCCOCCOCCOCCOCCOCCOCCNC(=O)CCN3C(=O)CC(CC4CCCCCCCC4)C3=O)C(C)C)cc1)N=C[C@@H]1CC(C)=CN1C2=O. The van der Waals surface area contributed by atoms with E-state index in [4.69, 9.17) is 61.6 Å². The second-order valence-electron chi connectivity index (χ2n) is 30.4. The molecule has 32 heteroatoms. The van der Waals surface area contributed by atoms with Crippen LogP contribution in [-0.2, 0) is 78.0 Å². The van der Waals surface area contributed by atoms with E-state index in [0.717, 1.165) is 41.7 Å². The monoisotopic (exact) mass is 1640 g/mol. The Bertz CT molecular complexity index is 3850. The van der Waals surface area contributed by atoms with Crippen LogP contribution in [0.1, 0.15) is 170 Å². The molecule has 117 heavy (non-hydrogen) atoms. The fourth-order valence-corrected chi connectivity index (χ4v) is 14.6. The molecule has 9 rings (SSSR count). The zero-order chi connectivity index (χ0) is 83.4. The summed E-state index contributed by atoms with van der Waals surface area (Å²) in [6.45, 7) is 15.1. The fourth-order valence-electron chi connectivity index (χ4n) is 14.6. The summed E-state index contributed by atoms with van der Waals surface area (Å²) < 4.78 is 74.0. The van der Waals surface area contributed by atoms with Crippen molar-refractivity contribution >= 4 is 76.6 Å². The average Bonchev–Trinajstić information content (AvgIpc) is 1.64. The molecule has 1 unspecified atom stereocenters. The van der Waals surface area contributed by atoms with Gasteiger partial charge >= 0.3 is 6.09 Å². The second kappa shape index (κ2) is 48.7. The van der Waals surface area contributed by atoms with E-state index in [1.54, 1.807) is 67.6 Å². The number of anilines is 2. The quantitative estimate of drug-likeness (QED) is 0.0260. The minimum absolute atomic E-state index is 0.0136. The maximum Gasteiger partial charge on any atom is 0.416 e. The Hall–Kier alpha value is -9.12. The first-order valence-corrected chi connectivity index (χ1v) is 41.3. The van der Waals surface area contributed by atoms with Crippen LogP contribution in [0.15, 0.2) is 77.1 Å². The predicted molar refractivity (Wildman–Crippen MR) is 432 cm³/mol. The molecule has 3 aromatic rings. The topological polar surface area (TPSA) is 367 Å². The van der Waals surface area contributed by atoms with Crippen molar-refractivity contribution in [3.63, 3.8) is 0 Å². The summed E-state index contributed by atoms with van der Waals surface area (Å²) in [6, 6.07) is 9.95. The molecule has 1 saturated carbocycles. The van der Waals surface area contributed by atoms with E-state index >= 15 is 0 Å². The lowest BCUT2D eigenvalue weighted by Crippen LogP contribution is -2.53. The number of rotatable bonds is 50. The number of unbranched alkanes of at least 4 members (excludes halogenated alkanes) is 2. The summed E-state index contributed by atoms with van der Waals surface area (Å²) in [4.78, 5) is 130. The molecule has 5 aliphatic heterocycles. The zero-order valence-corrected chi connectivity index (χ0v) is 69.0. The van der Waals surface area contributed by atoms with Gasteiger partial charge in [-0.2, -0.15) is 0 Å². The van der Waals surface area contributed by atoms with E-state index in [1.807, 2.05) is 20.0 Å². The minimum atomic E-state index is -1.53. The summed E-state index contributed by atoms with van der Waals surface area (Å²) in [5.41, 5.74) is 3.92. The molecule has 0 aromatic heterocycles. The number of carbonyl (C=O) groups excluding carboxylic acids is 9. The van der Waals surface area contributed by atoms with Crippen molar-refractivity contribution in [2.75, 3.05) is 156 Å².